The number of anilines is 3. The maximum Gasteiger partial charge on any atom is 0.172 e. The molecule has 0 spiro atoms. The first kappa shape index (κ1) is 26.1. The average Bonchev–Trinajstić information content (AvgIpc) is 3.52. The smallest absolute Gasteiger partial charge is 0.172 e. The summed E-state index contributed by atoms with van der Waals surface area (Å²) in [4.78, 5) is 1.54. The van der Waals surface area contributed by atoms with Crippen LogP contribution in [0.4, 0.5) is 25.8 Å². The molecule has 3 aromatic carbocycles. The third-order valence-corrected chi connectivity index (χ3v) is 7.79. The predicted octanol–water partition coefficient (Wildman–Crippen LogP) is 8.33. The first-order chi connectivity index (χ1) is 17.0. The Bertz CT molecular complexity index is 1350. The Hall–Kier alpha value is -3.02. The van der Waals surface area contributed by atoms with Gasteiger partial charge >= 0.3 is 0 Å². The standard InChI is InChI=1S/C29H29Cl2F2N3/c1-15-7-8-19(13-16(15)2)26-25(27(26)31)17(3)35-20-9-10-22(30)21(14-20)18(4)36(6)24-12-11-23(32)29(34-5)28(24)33/h7-14,25-27,34-35H,3-4H2,1-2,5-6H3. The van der Waals surface area contributed by atoms with E-state index < -0.39 is 11.6 Å². The summed E-state index contributed by atoms with van der Waals surface area (Å²) >= 11 is 13.1. The quantitative estimate of drug-likeness (QED) is 0.288. The van der Waals surface area contributed by atoms with Crippen molar-refractivity contribution in [2.75, 3.05) is 29.6 Å². The van der Waals surface area contributed by atoms with E-state index in [2.05, 4.69) is 55.8 Å². The molecule has 0 bridgehead atoms. The van der Waals surface area contributed by atoms with Gasteiger partial charge in [0.05, 0.1) is 16.1 Å². The second-order valence-electron chi connectivity index (χ2n) is 9.20. The van der Waals surface area contributed by atoms with Crippen LogP contribution in [0.5, 0.6) is 0 Å². The minimum absolute atomic E-state index is 0.0391. The summed E-state index contributed by atoms with van der Waals surface area (Å²) < 4.78 is 28.9. The van der Waals surface area contributed by atoms with Crippen LogP contribution >= 0.6 is 23.2 Å². The highest BCUT2D eigenvalue weighted by molar-refractivity contribution is 6.32. The summed E-state index contributed by atoms with van der Waals surface area (Å²) in [5, 5.41) is 6.34. The fourth-order valence-electron chi connectivity index (χ4n) is 4.49. The molecule has 188 valence electrons. The summed E-state index contributed by atoms with van der Waals surface area (Å²) in [6, 6.07) is 14.5. The molecule has 3 unspecified atom stereocenters. The molecule has 3 aromatic rings. The average molecular weight is 528 g/mol. The highest BCUT2D eigenvalue weighted by atomic mass is 35.5. The summed E-state index contributed by atoms with van der Waals surface area (Å²) in [7, 11) is 3.12. The highest BCUT2D eigenvalue weighted by Gasteiger charge is 2.51. The van der Waals surface area contributed by atoms with Crippen LogP contribution in [-0.4, -0.2) is 19.5 Å². The zero-order chi connectivity index (χ0) is 26.3. The third-order valence-electron chi connectivity index (χ3n) is 6.92. The van der Waals surface area contributed by atoms with Gasteiger partial charge in [-0.2, -0.15) is 0 Å². The van der Waals surface area contributed by atoms with Gasteiger partial charge < -0.3 is 15.5 Å². The summed E-state index contributed by atoms with van der Waals surface area (Å²) in [5.41, 5.74) is 6.30. The van der Waals surface area contributed by atoms with Gasteiger partial charge in [0.2, 0.25) is 0 Å². The lowest BCUT2D eigenvalue weighted by atomic mass is 10.0. The molecule has 2 N–H and O–H groups in total. The SMILES string of the molecule is C=C(Nc1ccc(Cl)c(C(=C)N(C)c2ccc(F)c(NC)c2F)c1)C1C(Cl)C1c1ccc(C)c(C)c1. The van der Waals surface area contributed by atoms with Crippen LogP contribution in [0, 0.1) is 31.4 Å². The number of benzene rings is 3. The lowest BCUT2D eigenvalue weighted by Crippen LogP contribution is -2.17. The van der Waals surface area contributed by atoms with Crippen molar-refractivity contribution in [2.24, 2.45) is 5.92 Å². The van der Waals surface area contributed by atoms with E-state index in [4.69, 9.17) is 23.2 Å². The van der Waals surface area contributed by atoms with Crippen LogP contribution in [0.25, 0.3) is 5.70 Å². The molecule has 3 atom stereocenters. The Morgan fingerprint density at radius 3 is 2.39 bits per heavy atom. The molecule has 0 radical (unpaired) electrons. The van der Waals surface area contributed by atoms with Gasteiger partial charge in [-0.1, -0.05) is 43.0 Å². The molecule has 1 saturated carbocycles. The summed E-state index contributed by atoms with van der Waals surface area (Å²) in [5.74, 6) is -1.09. The van der Waals surface area contributed by atoms with Gasteiger partial charge in [0.15, 0.2) is 5.82 Å². The van der Waals surface area contributed by atoms with E-state index in [1.165, 1.54) is 35.9 Å². The molecular weight excluding hydrogens is 499 g/mol. The van der Waals surface area contributed by atoms with Crippen LogP contribution in [-0.2, 0) is 0 Å². The molecule has 0 aromatic heterocycles. The molecule has 4 rings (SSSR count). The molecule has 1 aliphatic carbocycles. The van der Waals surface area contributed by atoms with Crippen molar-refractivity contribution in [1.29, 1.82) is 0 Å². The number of nitrogens with zero attached hydrogens (tertiary/aromatic N) is 1. The Labute approximate surface area is 221 Å². The van der Waals surface area contributed by atoms with Crippen molar-refractivity contribution in [2.45, 2.75) is 25.1 Å². The lowest BCUT2D eigenvalue weighted by Gasteiger charge is -2.25. The van der Waals surface area contributed by atoms with Crippen LogP contribution in [0.15, 0.2) is 67.4 Å². The Morgan fingerprint density at radius 2 is 1.72 bits per heavy atom. The number of alkyl halides is 1. The van der Waals surface area contributed by atoms with E-state index in [0.29, 0.717) is 16.3 Å². The maximum absolute atomic E-state index is 14.9. The van der Waals surface area contributed by atoms with E-state index in [1.54, 1.807) is 18.0 Å². The van der Waals surface area contributed by atoms with Crippen LogP contribution in [0.3, 0.4) is 0 Å². The molecule has 36 heavy (non-hydrogen) atoms. The van der Waals surface area contributed by atoms with Crippen molar-refractivity contribution in [3.8, 4) is 0 Å². The molecule has 7 heteroatoms. The molecule has 1 aliphatic rings. The predicted molar refractivity (Wildman–Crippen MR) is 149 cm³/mol. The van der Waals surface area contributed by atoms with Crippen molar-refractivity contribution in [3.63, 3.8) is 0 Å². The van der Waals surface area contributed by atoms with Gasteiger partial charge in [-0.25, -0.2) is 8.78 Å². The van der Waals surface area contributed by atoms with Crippen LogP contribution in [0.2, 0.25) is 5.02 Å². The molecule has 1 fully saturated rings. The van der Waals surface area contributed by atoms with Gasteiger partial charge in [-0.15, -0.1) is 11.6 Å². The molecule has 0 aliphatic heterocycles. The fourth-order valence-corrected chi connectivity index (χ4v) is 5.25. The second-order valence-corrected chi connectivity index (χ2v) is 10.1. The molecule has 3 nitrogen and oxygen atoms in total. The topological polar surface area (TPSA) is 27.3 Å². The summed E-state index contributed by atoms with van der Waals surface area (Å²) in [6.07, 6.45) is 0. The van der Waals surface area contributed by atoms with Crippen LogP contribution in [0.1, 0.15) is 28.2 Å². The van der Waals surface area contributed by atoms with Gasteiger partial charge in [0.1, 0.15) is 11.5 Å². The number of nitrogens with one attached hydrogen (secondary N) is 2. The number of aryl methyl sites for hydroxylation is 2. The number of hydrogen-bond acceptors (Lipinski definition) is 3. The van der Waals surface area contributed by atoms with Gasteiger partial charge in [-0.05, 0) is 60.9 Å². The van der Waals surface area contributed by atoms with Gasteiger partial charge in [0.25, 0.3) is 0 Å². The van der Waals surface area contributed by atoms with Crippen molar-refractivity contribution < 1.29 is 8.78 Å². The van der Waals surface area contributed by atoms with Crippen LogP contribution < -0.4 is 15.5 Å². The number of halogens is 4. The van der Waals surface area contributed by atoms with Crippen molar-refractivity contribution in [3.05, 3.63) is 106 Å². The van der Waals surface area contributed by atoms with Gasteiger partial charge in [0, 0.05) is 48.6 Å². The Balaban J connectivity index is 1.53. The van der Waals surface area contributed by atoms with Gasteiger partial charge in [-0.3, -0.25) is 0 Å². The Kier molecular flexibility index (Phi) is 7.35. The molecule has 0 saturated heterocycles. The van der Waals surface area contributed by atoms with E-state index in [1.807, 2.05) is 12.1 Å². The Morgan fingerprint density at radius 1 is 1.00 bits per heavy atom. The minimum Gasteiger partial charge on any atom is -0.383 e. The zero-order valence-electron chi connectivity index (χ0n) is 20.7. The maximum atomic E-state index is 14.9. The largest absolute Gasteiger partial charge is 0.383 e. The normalized spacial score (nSPS) is 18.5. The number of hydrogen-bond donors (Lipinski definition) is 2. The monoisotopic (exact) mass is 527 g/mol. The molecule has 0 amide bonds. The second kappa shape index (κ2) is 10.2. The van der Waals surface area contributed by atoms with E-state index in [-0.39, 0.29) is 28.6 Å². The fraction of sp³-hybridized carbons (Fsp3) is 0.241. The molecular formula is C29H29Cl2F2N3. The minimum atomic E-state index is -0.709. The number of allylic oxidation sites excluding steroid dienone is 1. The lowest BCUT2D eigenvalue weighted by molar-refractivity contribution is 0.590. The zero-order valence-corrected chi connectivity index (χ0v) is 22.2. The van der Waals surface area contributed by atoms with E-state index >= 15 is 0 Å². The van der Waals surface area contributed by atoms with Crippen molar-refractivity contribution in [1.82, 2.24) is 0 Å². The van der Waals surface area contributed by atoms with E-state index in [0.717, 1.165) is 11.4 Å². The number of rotatable bonds is 8. The van der Waals surface area contributed by atoms with Crippen molar-refractivity contribution >= 4 is 46.0 Å². The first-order valence-electron chi connectivity index (χ1n) is 11.6. The van der Waals surface area contributed by atoms with E-state index in [9.17, 15) is 8.78 Å². The first-order valence-corrected chi connectivity index (χ1v) is 12.4. The highest BCUT2D eigenvalue weighted by Crippen LogP contribution is 2.55. The summed E-state index contributed by atoms with van der Waals surface area (Å²) in [6.45, 7) is 12.6. The third kappa shape index (κ3) is 4.82. The molecule has 0 heterocycles.